The second kappa shape index (κ2) is 6.30. The normalized spacial score (nSPS) is 12.3. The Morgan fingerprint density at radius 1 is 1.45 bits per heavy atom. The molecule has 7 heteroatoms. The highest BCUT2D eigenvalue weighted by Crippen LogP contribution is 2.27. The van der Waals surface area contributed by atoms with Crippen LogP contribution in [-0.4, -0.2) is 4.92 Å². The highest BCUT2D eigenvalue weighted by Gasteiger charge is 2.17. The molecule has 106 valence electrons. The third-order valence-electron chi connectivity index (χ3n) is 2.87. The summed E-state index contributed by atoms with van der Waals surface area (Å²) in [6.07, 6.45) is 0. The second-order valence-electron chi connectivity index (χ2n) is 4.25. The molecule has 0 saturated heterocycles. The third-order valence-corrected chi connectivity index (χ3v) is 4.29. The van der Waals surface area contributed by atoms with Gasteiger partial charge in [0.15, 0.2) is 0 Å². The monoisotopic (exact) mass is 314 g/mol. The SMILES string of the molecule is CC(NCc1cccc([N+](=O)[O-])c1F)c1ccc(Cl)s1. The number of nitro groups is 1. The first-order chi connectivity index (χ1) is 9.49. The minimum atomic E-state index is -0.790. The third kappa shape index (κ3) is 3.33. The topological polar surface area (TPSA) is 55.2 Å². The number of hydrogen-bond donors (Lipinski definition) is 1. The number of hydrogen-bond acceptors (Lipinski definition) is 4. The predicted octanol–water partition coefficient (Wildman–Crippen LogP) is 4.30. The lowest BCUT2D eigenvalue weighted by Crippen LogP contribution is -2.18. The summed E-state index contributed by atoms with van der Waals surface area (Å²) in [6.45, 7) is 2.14. The molecule has 0 aliphatic heterocycles. The van der Waals surface area contributed by atoms with Crippen molar-refractivity contribution in [1.29, 1.82) is 0 Å². The van der Waals surface area contributed by atoms with E-state index in [4.69, 9.17) is 11.6 Å². The van der Waals surface area contributed by atoms with Crippen molar-refractivity contribution in [2.75, 3.05) is 0 Å². The van der Waals surface area contributed by atoms with Crippen LogP contribution in [0.5, 0.6) is 0 Å². The maximum atomic E-state index is 13.9. The fourth-order valence-electron chi connectivity index (χ4n) is 1.77. The van der Waals surface area contributed by atoms with Gasteiger partial charge in [-0.3, -0.25) is 10.1 Å². The number of nitrogens with one attached hydrogen (secondary N) is 1. The summed E-state index contributed by atoms with van der Waals surface area (Å²) in [6, 6.07) is 7.85. The van der Waals surface area contributed by atoms with E-state index in [0.29, 0.717) is 4.34 Å². The number of nitrogens with zero attached hydrogens (tertiary/aromatic N) is 1. The molecule has 0 fully saturated rings. The quantitative estimate of drug-likeness (QED) is 0.661. The van der Waals surface area contributed by atoms with Crippen LogP contribution in [0.1, 0.15) is 23.4 Å². The summed E-state index contributed by atoms with van der Waals surface area (Å²) in [5, 5.41) is 13.8. The van der Waals surface area contributed by atoms with Crippen LogP contribution in [0.25, 0.3) is 0 Å². The Hall–Kier alpha value is -1.50. The number of nitro benzene ring substituents is 1. The summed E-state index contributed by atoms with van der Waals surface area (Å²) >= 11 is 7.30. The van der Waals surface area contributed by atoms with E-state index in [-0.39, 0.29) is 18.2 Å². The Morgan fingerprint density at radius 3 is 2.80 bits per heavy atom. The van der Waals surface area contributed by atoms with Gasteiger partial charge >= 0.3 is 5.69 Å². The van der Waals surface area contributed by atoms with E-state index < -0.39 is 16.4 Å². The molecule has 0 bridgehead atoms. The predicted molar refractivity (Wildman–Crippen MR) is 77.6 cm³/mol. The average Bonchev–Trinajstić information content (AvgIpc) is 2.83. The van der Waals surface area contributed by atoms with Gasteiger partial charge in [-0.25, -0.2) is 0 Å². The first-order valence-corrected chi connectivity index (χ1v) is 7.09. The molecule has 2 aromatic rings. The molecule has 0 saturated carbocycles. The highest BCUT2D eigenvalue weighted by atomic mass is 35.5. The molecule has 1 unspecified atom stereocenters. The lowest BCUT2D eigenvalue weighted by Gasteiger charge is -2.12. The first kappa shape index (κ1) is 14.9. The molecule has 1 aromatic carbocycles. The van der Waals surface area contributed by atoms with Crippen molar-refractivity contribution < 1.29 is 9.31 Å². The van der Waals surface area contributed by atoms with Crippen LogP contribution in [0, 0.1) is 15.9 Å². The van der Waals surface area contributed by atoms with Crippen LogP contribution in [0.15, 0.2) is 30.3 Å². The molecule has 0 spiro atoms. The fourth-order valence-corrected chi connectivity index (χ4v) is 2.86. The fraction of sp³-hybridized carbons (Fsp3) is 0.231. The molecule has 20 heavy (non-hydrogen) atoms. The van der Waals surface area contributed by atoms with Gasteiger partial charge < -0.3 is 5.32 Å². The molecule has 1 atom stereocenters. The molecule has 2 rings (SSSR count). The Morgan fingerprint density at radius 2 is 2.20 bits per heavy atom. The van der Waals surface area contributed by atoms with Gasteiger partial charge in [0, 0.05) is 29.1 Å². The van der Waals surface area contributed by atoms with E-state index >= 15 is 0 Å². The molecular formula is C13H12ClFN2O2S. The van der Waals surface area contributed by atoms with E-state index in [0.717, 1.165) is 10.9 Å². The maximum Gasteiger partial charge on any atom is 0.305 e. The lowest BCUT2D eigenvalue weighted by molar-refractivity contribution is -0.387. The van der Waals surface area contributed by atoms with Crippen molar-refractivity contribution >= 4 is 28.6 Å². The maximum absolute atomic E-state index is 13.9. The van der Waals surface area contributed by atoms with Gasteiger partial charge in [-0.15, -0.1) is 11.3 Å². The summed E-state index contributed by atoms with van der Waals surface area (Å²) < 4.78 is 14.6. The van der Waals surface area contributed by atoms with E-state index in [1.807, 2.05) is 13.0 Å². The largest absolute Gasteiger partial charge is 0.305 e. The second-order valence-corrected chi connectivity index (χ2v) is 6.00. The molecule has 1 aromatic heterocycles. The van der Waals surface area contributed by atoms with Gasteiger partial charge in [0.1, 0.15) is 0 Å². The summed E-state index contributed by atoms with van der Waals surface area (Å²) in [5.41, 5.74) is -0.232. The molecule has 1 N–H and O–H groups in total. The van der Waals surface area contributed by atoms with Gasteiger partial charge in [0.25, 0.3) is 0 Å². The van der Waals surface area contributed by atoms with Crippen LogP contribution >= 0.6 is 22.9 Å². The molecule has 1 heterocycles. The Balaban J connectivity index is 2.08. The van der Waals surface area contributed by atoms with Crippen LogP contribution in [0.3, 0.4) is 0 Å². The number of thiophene rings is 1. The number of benzene rings is 1. The minimum Gasteiger partial charge on any atom is -0.305 e. The van der Waals surface area contributed by atoms with E-state index in [9.17, 15) is 14.5 Å². The van der Waals surface area contributed by atoms with Crippen molar-refractivity contribution in [2.24, 2.45) is 0 Å². The summed E-state index contributed by atoms with van der Waals surface area (Å²) in [7, 11) is 0. The van der Waals surface area contributed by atoms with Gasteiger partial charge in [0.2, 0.25) is 5.82 Å². The molecule has 0 radical (unpaired) electrons. The molecule has 0 amide bonds. The Kier molecular flexibility index (Phi) is 4.69. The zero-order valence-corrected chi connectivity index (χ0v) is 12.2. The Bertz CT molecular complexity index is 633. The first-order valence-electron chi connectivity index (χ1n) is 5.89. The van der Waals surface area contributed by atoms with Gasteiger partial charge in [0.05, 0.1) is 9.26 Å². The van der Waals surface area contributed by atoms with Crippen LogP contribution in [0.2, 0.25) is 4.34 Å². The van der Waals surface area contributed by atoms with Gasteiger partial charge in [-0.2, -0.15) is 4.39 Å². The molecular weight excluding hydrogens is 303 g/mol. The van der Waals surface area contributed by atoms with E-state index in [1.165, 1.54) is 23.5 Å². The average molecular weight is 315 g/mol. The minimum absolute atomic E-state index is 0.00818. The van der Waals surface area contributed by atoms with Crippen LogP contribution in [-0.2, 0) is 6.54 Å². The number of halogens is 2. The standard InChI is InChI=1S/C13H12ClFN2O2S/c1-8(11-5-6-12(14)20-11)16-7-9-3-2-4-10(13(9)15)17(18)19/h2-6,8,16H,7H2,1H3. The van der Waals surface area contributed by atoms with Crippen LogP contribution < -0.4 is 5.32 Å². The highest BCUT2D eigenvalue weighted by molar-refractivity contribution is 7.16. The molecule has 0 aliphatic carbocycles. The van der Waals surface area contributed by atoms with Crippen molar-refractivity contribution in [1.82, 2.24) is 5.32 Å². The lowest BCUT2D eigenvalue weighted by atomic mass is 10.1. The smallest absolute Gasteiger partial charge is 0.305 e. The van der Waals surface area contributed by atoms with Crippen molar-refractivity contribution in [3.05, 3.63) is 61.0 Å². The van der Waals surface area contributed by atoms with Gasteiger partial charge in [-0.05, 0) is 19.1 Å². The van der Waals surface area contributed by atoms with E-state index in [1.54, 1.807) is 6.07 Å². The van der Waals surface area contributed by atoms with E-state index in [2.05, 4.69) is 5.32 Å². The van der Waals surface area contributed by atoms with Gasteiger partial charge in [-0.1, -0.05) is 23.7 Å². The molecule has 4 nitrogen and oxygen atoms in total. The Labute approximate surface area is 124 Å². The van der Waals surface area contributed by atoms with Crippen molar-refractivity contribution in [2.45, 2.75) is 19.5 Å². The number of rotatable bonds is 5. The zero-order chi connectivity index (χ0) is 14.7. The van der Waals surface area contributed by atoms with Crippen molar-refractivity contribution in [3.8, 4) is 0 Å². The van der Waals surface area contributed by atoms with Crippen molar-refractivity contribution in [3.63, 3.8) is 0 Å². The summed E-state index contributed by atoms with van der Waals surface area (Å²) in [4.78, 5) is 11.0. The zero-order valence-electron chi connectivity index (χ0n) is 10.6. The molecule has 0 aliphatic rings. The van der Waals surface area contributed by atoms with Crippen LogP contribution in [0.4, 0.5) is 10.1 Å². The summed E-state index contributed by atoms with van der Waals surface area (Å²) in [5.74, 6) is -0.790.